The molecule has 0 saturated carbocycles. The molecule has 1 unspecified atom stereocenters. The van der Waals surface area contributed by atoms with Crippen LogP contribution in [0.5, 0.6) is 5.19 Å². The minimum absolute atomic E-state index is 0.712. The summed E-state index contributed by atoms with van der Waals surface area (Å²) in [5, 5.41) is 0.712. The topological polar surface area (TPSA) is 35.0 Å². The first-order valence-corrected chi connectivity index (χ1v) is 7.07. The van der Waals surface area contributed by atoms with Gasteiger partial charge < -0.3 is 4.74 Å². The zero-order chi connectivity index (χ0) is 12.5. The molecule has 0 spiro atoms. The lowest BCUT2D eigenvalue weighted by atomic mass is 9.87. The molecule has 2 aromatic rings. The second-order valence-corrected chi connectivity index (χ2v) is 5.80. The summed E-state index contributed by atoms with van der Waals surface area (Å²) in [4.78, 5) is 8.72. The smallest absolute Gasteiger partial charge is 0.274 e. The van der Waals surface area contributed by atoms with Gasteiger partial charge in [0.25, 0.3) is 5.19 Å². The maximum Gasteiger partial charge on any atom is 0.274 e. The Hall–Kier alpha value is -1.42. The summed E-state index contributed by atoms with van der Waals surface area (Å²) >= 11 is 1.60. The second kappa shape index (κ2) is 4.69. The van der Waals surface area contributed by atoms with Crippen LogP contribution < -0.4 is 4.74 Å². The quantitative estimate of drug-likeness (QED) is 0.821. The minimum Gasteiger partial charge on any atom is -0.473 e. The van der Waals surface area contributed by atoms with E-state index < -0.39 is 0 Å². The number of methoxy groups -OCH3 is 1. The summed E-state index contributed by atoms with van der Waals surface area (Å²) in [7, 11) is 1.66. The molecule has 94 valence electrons. The minimum atomic E-state index is 0.712. The van der Waals surface area contributed by atoms with Crippen LogP contribution in [0.15, 0.2) is 18.5 Å². The molecule has 1 aliphatic carbocycles. The van der Waals surface area contributed by atoms with E-state index in [0.717, 1.165) is 17.9 Å². The van der Waals surface area contributed by atoms with Crippen LogP contribution in [-0.2, 0) is 0 Å². The van der Waals surface area contributed by atoms with Crippen molar-refractivity contribution in [3.8, 4) is 5.19 Å². The van der Waals surface area contributed by atoms with E-state index in [9.17, 15) is 0 Å². The second-order valence-electron chi connectivity index (χ2n) is 4.84. The predicted molar refractivity (Wildman–Crippen MR) is 75.0 cm³/mol. The molecule has 0 fully saturated rings. The predicted octanol–water partition coefficient (Wildman–Crippen LogP) is 3.90. The van der Waals surface area contributed by atoms with Crippen LogP contribution in [0.2, 0.25) is 0 Å². The Labute approximate surface area is 111 Å². The SMILES string of the molecule is COc1nc2cncc(C3=CCCC(C)C3)c2s1. The highest BCUT2D eigenvalue weighted by atomic mass is 32.1. The first kappa shape index (κ1) is 11.7. The molecule has 0 aromatic carbocycles. The molecule has 3 rings (SSSR count). The van der Waals surface area contributed by atoms with Gasteiger partial charge in [0, 0.05) is 11.8 Å². The van der Waals surface area contributed by atoms with Gasteiger partial charge in [0.05, 0.1) is 18.0 Å². The molecule has 18 heavy (non-hydrogen) atoms. The highest BCUT2D eigenvalue weighted by molar-refractivity contribution is 7.20. The van der Waals surface area contributed by atoms with E-state index in [4.69, 9.17) is 4.74 Å². The first-order chi connectivity index (χ1) is 8.78. The van der Waals surface area contributed by atoms with Crippen molar-refractivity contribution in [1.29, 1.82) is 0 Å². The number of allylic oxidation sites excluding steroid dienone is 2. The van der Waals surface area contributed by atoms with Gasteiger partial charge in [-0.2, -0.15) is 0 Å². The number of hydrogen-bond acceptors (Lipinski definition) is 4. The third-order valence-corrected chi connectivity index (χ3v) is 4.48. The van der Waals surface area contributed by atoms with Crippen LogP contribution in [-0.4, -0.2) is 17.1 Å². The van der Waals surface area contributed by atoms with Gasteiger partial charge in [-0.15, -0.1) is 0 Å². The molecule has 4 heteroatoms. The molecule has 3 nitrogen and oxygen atoms in total. The van der Waals surface area contributed by atoms with Crippen molar-refractivity contribution in [1.82, 2.24) is 9.97 Å². The summed E-state index contributed by atoms with van der Waals surface area (Å²) in [6.07, 6.45) is 9.72. The molecule has 0 amide bonds. The number of ether oxygens (including phenoxy) is 1. The maximum absolute atomic E-state index is 5.22. The Bertz CT molecular complexity index is 603. The van der Waals surface area contributed by atoms with Gasteiger partial charge in [-0.3, -0.25) is 4.98 Å². The molecule has 2 aromatic heterocycles. The van der Waals surface area contributed by atoms with Crippen molar-refractivity contribution in [3.63, 3.8) is 0 Å². The van der Waals surface area contributed by atoms with Crippen LogP contribution in [0.4, 0.5) is 0 Å². The molecule has 2 heterocycles. The highest BCUT2D eigenvalue weighted by Crippen LogP contribution is 2.37. The van der Waals surface area contributed by atoms with Crippen molar-refractivity contribution in [2.24, 2.45) is 5.92 Å². The highest BCUT2D eigenvalue weighted by Gasteiger charge is 2.17. The van der Waals surface area contributed by atoms with Gasteiger partial charge in [0.1, 0.15) is 5.52 Å². The fraction of sp³-hybridized carbons (Fsp3) is 0.429. The lowest BCUT2D eigenvalue weighted by Gasteiger charge is -2.19. The Morgan fingerprint density at radius 3 is 3.06 bits per heavy atom. The maximum atomic E-state index is 5.22. The van der Waals surface area contributed by atoms with Crippen molar-refractivity contribution >= 4 is 27.1 Å². The Balaban J connectivity index is 2.11. The van der Waals surface area contributed by atoms with Crippen molar-refractivity contribution in [3.05, 3.63) is 24.0 Å². The van der Waals surface area contributed by atoms with Gasteiger partial charge in [0.15, 0.2) is 0 Å². The molecule has 1 atom stereocenters. The molecule has 1 aliphatic rings. The van der Waals surface area contributed by atoms with E-state index >= 15 is 0 Å². The standard InChI is InChI=1S/C14H16N2OS/c1-9-4-3-5-10(6-9)11-7-15-8-12-13(11)18-14(16-12)17-2/h5,7-9H,3-4,6H2,1-2H3. The fourth-order valence-electron chi connectivity index (χ4n) is 2.47. The number of hydrogen-bond donors (Lipinski definition) is 0. The van der Waals surface area contributed by atoms with Gasteiger partial charge in [0.2, 0.25) is 0 Å². The number of aromatic nitrogens is 2. The Kier molecular flexibility index (Phi) is 3.04. The molecular formula is C14H16N2OS. The number of pyridine rings is 1. The van der Waals surface area contributed by atoms with Crippen molar-refractivity contribution in [2.45, 2.75) is 26.2 Å². The van der Waals surface area contributed by atoms with Crippen molar-refractivity contribution < 1.29 is 4.74 Å². The van der Waals surface area contributed by atoms with E-state index in [-0.39, 0.29) is 0 Å². The number of rotatable bonds is 2. The van der Waals surface area contributed by atoms with Gasteiger partial charge >= 0.3 is 0 Å². The molecule has 0 radical (unpaired) electrons. The van der Waals surface area contributed by atoms with Gasteiger partial charge in [-0.25, -0.2) is 4.98 Å². The number of thiazole rings is 1. The van der Waals surface area contributed by atoms with E-state index in [2.05, 4.69) is 23.0 Å². The number of nitrogens with zero attached hydrogens (tertiary/aromatic N) is 2. The van der Waals surface area contributed by atoms with Crippen molar-refractivity contribution in [2.75, 3.05) is 7.11 Å². The zero-order valence-electron chi connectivity index (χ0n) is 10.6. The van der Waals surface area contributed by atoms with Crippen LogP contribution in [0.25, 0.3) is 15.8 Å². The molecule has 0 aliphatic heterocycles. The molecular weight excluding hydrogens is 244 g/mol. The van der Waals surface area contributed by atoms with Crippen LogP contribution in [0, 0.1) is 5.92 Å². The average molecular weight is 260 g/mol. The summed E-state index contributed by atoms with van der Waals surface area (Å²) in [6, 6.07) is 0. The Morgan fingerprint density at radius 1 is 1.39 bits per heavy atom. The normalized spacial score (nSPS) is 19.9. The van der Waals surface area contributed by atoms with E-state index in [1.165, 1.54) is 28.7 Å². The molecule has 0 saturated heterocycles. The largest absolute Gasteiger partial charge is 0.473 e. The summed E-state index contributed by atoms with van der Waals surface area (Å²) < 4.78 is 6.42. The molecule has 0 N–H and O–H groups in total. The monoisotopic (exact) mass is 260 g/mol. The summed E-state index contributed by atoms with van der Waals surface area (Å²) in [5.41, 5.74) is 3.59. The molecule has 0 bridgehead atoms. The first-order valence-electron chi connectivity index (χ1n) is 6.26. The summed E-state index contributed by atoms with van der Waals surface area (Å²) in [5.74, 6) is 0.759. The zero-order valence-corrected chi connectivity index (χ0v) is 11.5. The fourth-order valence-corrected chi connectivity index (χ4v) is 3.37. The lowest BCUT2D eigenvalue weighted by molar-refractivity contribution is 0.413. The summed E-state index contributed by atoms with van der Waals surface area (Å²) in [6.45, 7) is 2.31. The van der Waals surface area contributed by atoms with E-state index in [1.807, 2.05) is 12.4 Å². The number of fused-ring (bicyclic) bond motifs is 1. The average Bonchev–Trinajstić information content (AvgIpc) is 2.81. The van der Waals surface area contributed by atoms with E-state index in [0.29, 0.717) is 5.19 Å². The van der Waals surface area contributed by atoms with Crippen LogP contribution >= 0.6 is 11.3 Å². The Morgan fingerprint density at radius 2 is 2.28 bits per heavy atom. The van der Waals surface area contributed by atoms with E-state index in [1.54, 1.807) is 18.4 Å². The van der Waals surface area contributed by atoms with Gasteiger partial charge in [-0.05, 0) is 30.8 Å². The third kappa shape index (κ3) is 2.01. The lowest BCUT2D eigenvalue weighted by Crippen LogP contribution is -2.02. The van der Waals surface area contributed by atoms with Gasteiger partial charge in [-0.1, -0.05) is 24.3 Å². The third-order valence-electron chi connectivity index (χ3n) is 3.42. The van der Waals surface area contributed by atoms with Crippen LogP contribution in [0.3, 0.4) is 0 Å². The van der Waals surface area contributed by atoms with Crippen LogP contribution in [0.1, 0.15) is 31.7 Å².